The summed E-state index contributed by atoms with van der Waals surface area (Å²) in [6.45, 7) is 4.04. The molecular formula is C15H21F2NOS. The third-order valence-corrected chi connectivity index (χ3v) is 4.59. The highest BCUT2D eigenvalue weighted by Crippen LogP contribution is 2.32. The van der Waals surface area contributed by atoms with Crippen LogP contribution in [0.3, 0.4) is 0 Å². The Hall–Kier alpha value is -0.650. The second kappa shape index (κ2) is 6.41. The first-order chi connectivity index (χ1) is 9.42. The van der Waals surface area contributed by atoms with Gasteiger partial charge in [0.25, 0.3) is 0 Å². The standard InChI is InChI=1S/C15H21F2NOS/c1-10(8-15(2,9-19)18-12-4-5-12)20-14-6-3-11(16)7-13(14)17/h3,6-7,10,12,18-19H,4-5,8-9H2,1-2H3. The fraction of sp³-hybridized carbons (Fsp3) is 0.600. The Bertz CT molecular complexity index is 467. The van der Waals surface area contributed by atoms with Gasteiger partial charge >= 0.3 is 0 Å². The lowest BCUT2D eigenvalue weighted by atomic mass is 9.97. The van der Waals surface area contributed by atoms with E-state index in [0.717, 1.165) is 25.3 Å². The lowest BCUT2D eigenvalue weighted by Gasteiger charge is -2.31. The van der Waals surface area contributed by atoms with Crippen LogP contribution in [0.25, 0.3) is 0 Å². The molecule has 2 unspecified atom stereocenters. The van der Waals surface area contributed by atoms with Gasteiger partial charge < -0.3 is 10.4 Å². The van der Waals surface area contributed by atoms with E-state index in [1.54, 1.807) is 0 Å². The van der Waals surface area contributed by atoms with Crippen LogP contribution in [-0.2, 0) is 0 Å². The van der Waals surface area contributed by atoms with E-state index in [2.05, 4.69) is 5.32 Å². The minimum absolute atomic E-state index is 0.0559. The van der Waals surface area contributed by atoms with Gasteiger partial charge in [0.15, 0.2) is 0 Å². The van der Waals surface area contributed by atoms with E-state index in [-0.39, 0.29) is 17.4 Å². The molecule has 5 heteroatoms. The number of benzene rings is 1. The predicted octanol–water partition coefficient (Wildman–Crippen LogP) is 3.34. The monoisotopic (exact) mass is 301 g/mol. The van der Waals surface area contributed by atoms with Crippen molar-refractivity contribution in [3.63, 3.8) is 0 Å². The number of halogens is 2. The largest absolute Gasteiger partial charge is 0.394 e. The van der Waals surface area contributed by atoms with E-state index >= 15 is 0 Å². The normalized spacial score (nSPS) is 19.6. The second-order valence-corrected chi connectivity index (χ2v) is 7.32. The van der Waals surface area contributed by atoms with Crippen LogP contribution >= 0.6 is 11.8 Å². The quantitative estimate of drug-likeness (QED) is 0.758. The first-order valence-corrected chi connectivity index (χ1v) is 7.80. The van der Waals surface area contributed by atoms with Crippen molar-refractivity contribution in [2.45, 2.75) is 54.8 Å². The van der Waals surface area contributed by atoms with Crippen molar-refractivity contribution >= 4 is 11.8 Å². The van der Waals surface area contributed by atoms with E-state index in [9.17, 15) is 13.9 Å². The lowest BCUT2D eigenvalue weighted by molar-refractivity contribution is 0.164. The third-order valence-electron chi connectivity index (χ3n) is 3.44. The van der Waals surface area contributed by atoms with Crippen molar-refractivity contribution < 1.29 is 13.9 Å². The van der Waals surface area contributed by atoms with Gasteiger partial charge in [0.2, 0.25) is 0 Å². The molecule has 1 aliphatic carbocycles. The summed E-state index contributed by atoms with van der Waals surface area (Å²) in [5, 5.41) is 13.1. The summed E-state index contributed by atoms with van der Waals surface area (Å²) in [6.07, 6.45) is 3.04. The van der Waals surface area contributed by atoms with Crippen molar-refractivity contribution in [2.75, 3.05) is 6.61 Å². The highest BCUT2D eigenvalue weighted by molar-refractivity contribution is 8.00. The second-order valence-electron chi connectivity index (χ2n) is 5.84. The zero-order valence-electron chi connectivity index (χ0n) is 11.8. The molecule has 0 bridgehead atoms. The van der Waals surface area contributed by atoms with Crippen LogP contribution in [0.2, 0.25) is 0 Å². The van der Waals surface area contributed by atoms with Gasteiger partial charge in [0, 0.05) is 27.8 Å². The third kappa shape index (κ3) is 4.43. The van der Waals surface area contributed by atoms with E-state index in [1.165, 1.54) is 23.9 Å². The van der Waals surface area contributed by atoms with E-state index in [1.807, 2.05) is 13.8 Å². The molecule has 2 nitrogen and oxygen atoms in total. The molecule has 1 aliphatic rings. The minimum Gasteiger partial charge on any atom is -0.394 e. The number of thioether (sulfide) groups is 1. The van der Waals surface area contributed by atoms with Crippen LogP contribution in [0.4, 0.5) is 8.78 Å². The Morgan fingerprint density at radius 1 is 1.45 bits per heavy atom. The molecule has 20 heavy (non-hydrogen) atoms. The number of rotatable bonds is 7. The van der Waals surface area contributed by atoms with Crippen LogP contribution in [0.15, 0.2) is 23.1 Å². The Balaban J connectivity index is 1.94. The Morgan fingerprint density at radius 3 is 2.70 bits per heavy atom. The van der Waals surface area contributed by atoms with E-state index in [0.29, 0.717) is 10.9 Å². The average molecular weight is 301 g/mol. The van der Waals surface area contributed by atoms with E-state index in [4.69, 9.17) is 0 Å². The van der Waals surface area contributed by atoms with Gasteiger partial charge in [0.1, 0.15) is 11.6 Å². The smallest absolute Gasteiger partial charge is 0.139 e. The maximum Gasteiger partial charge on any atom is 0.139 e. The van der Waals surface area contributed by atoms with Gasteiger partial charge in [-0.15, -0.1) is 11.8 Å². The van der Waals surface area contributed by atoms with Gasteiger partial charge in [0.05, 0.1) is 6.61 Å². The first-order valence-electron chi connectivity index (χ1n) is 6.92. The molecule has 0 saturated heterocycles. The van der Waals surface area contributed by atoms with Gasteiger partial charge in [-0.25, -0.2) is 8.78 Å². The molecule has 0 radical (unpaired) electrons. The SMILES string of the molecule is CC(CC(C)(CO)NC1CC1)Sc1ccc(F)cc1F. The molecule has 0 heterocycles. The van der Waals surface area contributed by atoms with Crippen LogP contribution < -0.4 is 5.32 Å². The predicted molar refractivity (Wildman–Crippen MR) is 77.9 cm³/mol. The molecule has 1 fully saturated rings. The van der Waals surface area contributed by atoms with Crippen molar-refractivity contribution in [1.82, 2.24) is 5.32 Å². The highest BCUT2D eigenvalue weighted by atomic mass is 32.2. The molecule has 0 amide bonds. The number of aliphatic hydroxyl groups excluding tert-OH is 1. The molecule has 112 valence electrons. The van der Waals surface area contributed by atoms with Crippen molar-refractivity contribution in [3.8, 4) is 0 Å². The highest BCUT2D eigenvalue weighted by Gasteiger charge is 2.33. The Labute approximate surface area is 123 Å². The minimum atomic E-state index is -0.560. The number of nitrogens with one attached hydrogen (secondary N) is 1. The van der Waals surface area contributed by atoms with Gasteiger partial charge in [-0.2, -0.15) is 0 Å². The van der Waals surface area contributed by atoms with Gasteiger partial charge in [-0.3, -0.25) is 0 Å². The van der Waals surface area contributed by atoms with Crippen molar-refractivity contribution in [2.24, 2.45) is 0 Å². The van der Waals surface area contributed by atoms with Crippen LogP contribution in [0, 0.1) is 11.6 Å². The molecule has 2 N–H and O–H groups in total. The number of hydrogen-bond donors (Lipinski definition) is 2. The summed E-state index contributed by atoms with van der Waals surface area (Å²) in [4.78, 5) is 0.450. The molecule has 0 aliphatic heterocycles. The summed E-state index contributed by atoms with van der Waals surface area (Å²) in [5.74, 6) is -1.09. The number of hydrogen-bond acceptors (Lipinski definition) is 3. The Kier molecular flexibility index (Phi) is 5.04. The summed E-state index contributed by atoms with van der Waals surface area (Å²) < 4.78 is 26.5. The summed E-state index contributed by atoms with van der Waals surface area (Å²) in [6, 6.07) is 4.15. The zero-order chi connectivity index (χ0) is 14.8. The van der Waals surface area contributed by atoms with Gasteiger partial charge in [-0.05, 0) is 38.3 Å². The van der Waals surface area contributed by atoms with Gasteiger partial charge in [-0.1, -0.05) is 6.92 Å². The lowest BCUT2D eigenvalue weighted by Crippen LogP contribution is -2.48. The molecule has 1 saturated carbocycles. The van der Waals surface area contributed by atoms with E-state index < -0.39 is 11.6 Å². The number of aliphatic hydroxyl groups is 1. The molecule has 1 aromatic carbocycles. The summed E-state index contributed by atoms with van der Waals surface area (Å²) in [5.41, 5.74) is -0.343. The van der Waals surface area contributed by atoms with Crippen LogP contribution in [0.5, 0.6) is 0 Å². The molecule has 1 aromatic rings. The zero-order valence-corrected chi connectivity index (χ0v) is 12.6. The Morgan fingerprint density at radius 2 is 2.15 bits per heavy atom. The fourth-order valence-electron chi connectivity index (χ4n) is 2.35. The topological polar surface area (TPSA) is 32.3 Å². The van der Waals surface area contributed by atoms with Crippen molar-refractivity contribution in [3.05, 3.63) is 29.8 Å². The molecule has 0 aromatic heterocycles. The average Bonchev–Trinajstić information content (AvgIpc) is 3.16. The summed E-state index contributed by atoms with van der Waals surface area (Å²) in [7, 11) is 0. The molecule has 2 rings (SSSR count). The van der Waals surface area contributed by atoms with Crippen LogP contribution in [-0.4, -0.2) is 28.5 Å². The van der Waals surface area contributed by atoms with Crippen LogP contribution in [0.1, 0.15) is 33.1 Å². The first kappa shape index (κ1) is 15.7. The fourth-order valence-corrected chi connectivity index (χ4v) is 3.56. The maximum atomic E-state index is 13.6. The molecule has 0 spiro atoms. The molecule has 2 atom stereocenters. The maximum absolute atomic E-state index is 13.6. The summed E-state index contributed by atoms with van der Waals surface area (Å²) >= 11 is 1.38. The van der Waals surface area contributed by atoms with Crippen molar-refractivity contribution in [1.29, 1.82) is 0 Å². The molecular weight excluding hydrogens is 280 g/mol.